The van der Waals surface area contributed by atoms with E-state index in [0.29, 0.717) is 18.1 Å². The predicted octanol–water partition coefficient (Wildman–Crippen LogP) is 6.43. The van der Waals surface area contributed by atoms with Crippen molar-refractivity contribution in [2.75, 3.05) is 30.8 Å². The summed E-state index contributed by atoms with van der Waals surface area (Å²) in [4.78, 5) is 24.8. The second-order valence-electron chi connectivity index (χ2n) is 9.80. The molecule has 6 rings (SSSR count). The fourth-order valence-electron chi connectivity index (χ4n) is 4.78. The van der Waals surface area contributed by atoms with E-state index in [1.165, 1.54) is 0 Å². The van der Waals surface area contributed by atoms with Crippen LogP contribution in [-0.4, -0.2) is 41.0 Å². The summed E-state index contributed by atoms with van der Waals surface area (Å²) in [5.74, 6) is 1.22. The highest BCUT2D eigenvalue weighted by Gasteiger charge is 2.17. The van der Waals surface area contributed by atoms with Gasteiger partial charge in [0.2, 0.25) is 5.95 Å². The molecule has 0 aliphatic carbocycles. The molecule has 0 atom stereocenters. The number of hydrogen-bond acceptors (Lipinski definition) is 6. The lowest BCUT2D eigenvalue weighted by atomic mass is 10.1. The minimum absolute atomic E-state index is 0.166. The van der Waals surface area contributed by atoms with Gasteiger partial charge in [0.15, 0.2) is 0 Å². The Morgan fingerprint density at radius 1 is 0.923 bits per heavy atom. The maximum absolute atomic E-state index is 13.1. The average Bonchev–Trinajstić information content (AvgIpc) is 3.13. The van der Waals surface area contributed by atoms with Gasteiger partial charge in [-0.05, 0) is 62.0 Å². The third kappa shape index (κ3) is 5.30. The molecule has 7 heteroatoms. The van der Waals surface area contributed by atoms with Crippen molar-refractivity contribution in [3.05, 3.63) is 108 Å². The summed E-state index contributed by atoms with van der Waals surface area (Å²) in [6, 6.07) is 29.4. The summed E-state index contributed by atoms with van der Waals surface area (Å²) in [5.41, 5.74) is 6.93. The predicted molar refractivity (Wildman–Crippen MR) is 156 cm³/mol. The van der Waals surface area contributed by atoms with Gasteiger partial charge < -0.3 is 15.4 Å². The normalized spacial score (nSPS) is 13.3. The maximum Gasteiger partial charge on any atom is 0.255 e. The summed E-state index contributed by atoms with van der Waals surface area (Å²) in [6.45, 7) is 4.29. The topological polar surface area (TPSA) is 79.4 Å². The lowest BCUT2D eigenvalue weighted by molar-refractivity contribution is 0.102. The number of carbonyl (C=O) groups excluding carboxylic acids is 1. The van der Waals surface area contributed by atoms with Gasteiger partial charge in [-0.1, -0.05) is 48.5 Å². The molecule has 0 radical (unpaired) electrons. The second kappa shape index (κ2) is 10.6. The van der Waals surface area contributed by atoms with Gasteiger partial charge in [0.05, 0.1) is 11.2 Å². The zero-order valence-electron chi connectivity index (χ0n) is 21.9. The van der Waals surface area contributed by atoms with Gasteiger partial charge >= 0.3 is 0 Å². The summed E-state index contributed by atoms with van der Waals surface area (Å²) in [5, 5.41) is 7.36. The first-order valence-electron chi connectivity index (χ1n) is 13.0. The third-order valence-corrected chi connectivity index (χ3v) is 6.88. The number of hydrogen-bond donors (Lipinski definition) is 2. The molecule has 1 aliphatic rings. The molecule has 39 heavy (non-hydrogen) atoms. The highest BCUT2D eigenvalue weighted by Crippen LogP contribution is 2.30. The van der Waals surface area contributed by atoms with Crippen LogP contribution in [0.3, 0.4) is 0 Å². The number of nitrogens with one attached hydrogen (secondary N) is 2. The molecule has 2 heterocycles. The molecule has 7 nitrogen and oxygen atoms in total. The summed E-state index contributed by atoms with van der Waals surface area (Å²) in [6.07, 6.45) is 0. The number of likely N-dealkylation sites (N-methyl/N-ethyl adjacent to an activating group) is 1. The Balaban J connectivity index is 1.21. The number of amides is 1. The van der Waals surface area contributed by atoms with Crippen LogP contribution in [0.2, 0.25) is 0 Å². The molecule has 0 saturated heterocycles. The van der Waals surface area contributed by atoms with E-state index < -0.39 is 0 Å². The van der Waals surface area contributed by atoms with Crippen LogP contribution in [0.1, 0.15) is 21.5 Å². The first kappa shape index (κ1) is 24.6. The monoisotopic (exact) mass is 515 g/mol. The van der Waals surface area contributed by atoms with E-state index in [9.17, 15) is 4.79 Å². The van der Waals surface area contributed by atoms with Crippen LogP contribution in [0.4, 0.5) is 17.3 Å². The van der Waals surface area contributed by atoms with Crippen molar-refractivity contribution in [2.24, 2.45) is 0 Å². The fourth-order valence-corrected chi connectivity index (χ4v) is 4.78. The Hall–Kier alpha value is -4.75. The molecular weight excluding hydrogens is 486 g/mol. The van der Waals surface area contributed by atoms with Crippen molar-refractivity contribution in [3.63, 3.8) is 0 Å². The van der Waals surface area contributed by atoms with Crippen molar-refractivity contribution in [1.29, 1.82) is 0 Å². The van der Waals surface area contributed by atoms with E-state index in [2.05, 4.69) is 22.6 Å². The summed E-state index contributed by atoms with van der Waals surface area (Å²) >= 11 is 0. The van der Waals surface area contributed by atoms with E-state index in [4.69, 9.17) is 14.7 Å². The van der Waals surface area contributed by atoms with Crippen LogP contribution in [0, 0.1) is 6.92 Å². The van der Waals surface area contributed by atoms with Crippen LogP contribution in [0.25, 0.3) is 22.2 Å². The molecule has 5 aromatic rings. The Bertz CT molecular complexity index is 1650. The van der Waals surface area contributed by atoms with Crippen molar-refractivity contribution in [2.45, 2.75) is 13.5 Å². The molecule has 1 aliphatic heterocycles. The van der Waals surface area contributed by atoms with E-state index in [1.807, 2.05) is 85.8 Å². The molecule has 1 amide bonds. The van der Waals surface area contributed by atoms with Gasteiger partial charge in [0, 0.05) is 46.5 Å². The number of aryl methyl sites for hydroxylation is 1. The molecule has 0 fully saturated rings. The number of para-hydroxylation sites is 1. The Kier molecular flexibility index (Phi) is 6.65. The lowest BCUT2D eigenvalue weighted by Gasteiger charge is -2.15. The van der Waals surface area contributed by atoms with Crippen LogP contribution >= 0.6 is 0 Å². The van der Waals surface area contributed by atoms with Gasteiger partial charge in [-0.3, -0.25) is 9.69 Å². The molecule has 0 spiro atoms. The Morgan fingerprint density at radius 3 is 2.51 bits per heavy atom. The van der Waals surface area contributed by atoms with Crippen LogP contribution in [-0.2, 0) is 6.54 Å². The van der Waals surface area contributed by atoms with E-state index in [0.717, 1.165) is 63.5 Å². The van der Waals surface area contributed by atoms with Crippen molar-refractivity contribution < 1.29 is 9.53 Å². The molecular formula is C32H29N5O2. The summed E-state index contributed by atoms with van der Waals surface area (Å²) < 4.78 is 5.89. The highest BCUT2D eigenvalue weighted by atomic mass is 16.5. The fraction of sp³-hybridized carbons (Fsp3) is 0.156. The molecule has 2 N–H and O–H groups in total. The van der Waals surface area contributed by atoms with Crippen molar-refractivity contribution >= 4 is 34.1 Å². The number of nitrogens with zero attached hydrogens (tertiary/aromatic N) is 3. The Labute approximate surface area is 227 Å². The minimum atomic E-state index is -0.166. The number of aromatic nitrogens is 2. The van der Waals surface area contributed by atoms with Crippen LogP contribution in [0.5, 0.6) is 5.75 Å². The number of rotatable bonds is 5. The molecule has 0 bridgehead atoms. The largest absolute Gasteiger partial charge is 0.492 e. The van der Waals surface area contributed by atoms with E-state index >= 15 is 0 Å². The zero-order valence-corrected chi connectivity index (χ0v) is 21.9. The highest BCUT2D eigenvalue weighted by molar-refractivity contribution is 6.05. The number of ether oxygens (including phenoxy) is 1. The first-order chi connectivity index (χ1) is 19.0. The van der Waals surface area contributed by atoms with Crippen LogP contribution < -0.4 is 15.4 Å². The molecule has 194 valence electrons. The quantitative estimate of drug-likeness (QED) is 0.281. The van der Waals surface area contributed by atoms with Gasteiger partial charge in [0.25, 0.3) is 5.91 Å². The standard InChI is InChI=1S/C32H29N5O2/c1-21-18-29-24(20-37(2)16-17-39-29)19-28(21)34-31(38)23-12-14-25(15-13-23)33-32-35-27-11-7-6-10-26(27)30(36-32)22-8-4-3-5-9-22/h3-15,18-19H,16-17,20H2,1-2H3,(H,34,38)(H,33,35,36). The Morgan fingerprint density at radius 2 is 1.69 bits per heavy atom. The van der Waals surface area contributed by atoms with Gasteiger partial charge in [-0.25, -0.2) is 9.97 Å². The van der Waals surface area contributed by atoms with Gasteiger partial charge in [-0.2, -0.15) is 0 Å². The summed E-state index contributed by atoms with van der Waals surface area (Å²) in [7, 11) is 2.07. The van der Waals surface area contributed by atoms with Gasteiger partial charge in [-0.15, -0.1) is 0 Å². The minimum Gasteiger partial charge on any atom is -0.492 e. The lowest BCUT2D eigenvalue weighted by Crippen LogP contribution is -2.20. The zero-order chi connectivity index (χ0) is 26.8. The first-order valence-corrected chi connectivity index (χ1v) is 13.0. The number of anilines is 3. The van der Waals surface area contributed by atoms with E-state index in [-0.39, 0.29) is 5.91 Å². The van der Waals surface area contributed by atoms with Crippen molar-refractivity contribution in [3.8, 4) is 17.0 Å². The molecule has 0 unspecified atom stereocenters. The molecule has 4 aromatic carbocycles. The smallest absolute Gasteiger partial charge is 0.255 e. The second-order valence-corrected chi connectivity index (χ2v) is 9.80. The SMILES string of the molecule is Cc1cc2c(cc1NC(=O)c1ccc(Nc3nc(-c4ccccc4)c4ccccc4n3)cc1)CN(C)CCO2. The van der Waals surface area contributed by atoms with E-state index in [1.54, 1.807) is 12.1 Å². The average molecular weight is 516 g/mol. The number of carbonyl (C=O) groups is 1. The third-order valence-electron chi connectivity index (χ3n) is 6.88. The van der Waals surface area contributed by atoms with Crippen LogP contribution in [0.15, 0.2) is 91.0 Å². The van der Waals surface area contributed by atoms with Gasteiger partial charge in [0.1, 0.15) is 12.4 Å². The maximum atomic E-state index is 13.1. The van der Waals surface area contributed by atoms with Crippen molar-refractivity contribution in [1.82, 2.24) is 14.9 Å². The number of benzene rings is 4. The molecule has 1 aromatic heterocycles. The molecule has 0 saturated carbocycles. The number of fused-ring (bicyclic) bond motifs is 2.